The summed E-state index contributed by atoms with van der Waals surface area (Å²) < 4.78 is 0. The maximum atomic E-state index is 2.76. The predicted octanol–water partition coefficient (Wildman–Crippen LogP) is 2.84. The number of hydrogen-bond donors (Lipinski definition) is 0. The third kappa shape index (κ3) is 2.91. The quantitative estimate of drug-likeness (QED) is 0.760. The summed E-state index contributed by atoms with van der Waals surface area (Å²) in [6.45, 7) is 9.30. The van der Waals surface area contributed by atoms with Gasteiger partial charge in [0.05, 0.1) is 0 Å². The average molecular weight is 250 g/mol. The SMILES string of the molecule is CN1CCC(CN2CCC(C3(C)CC3)CC2)CC1. The van der Waals surface area contributed by atoms with Crippen LogP contribution in [-0.4, -0.2) is 49.6 Å². The van der Waals surface area contributed by atoms with Gasteiger partial charge in [-0.2, -0.15) is 0 Å². The van der Waals surface area contributed by atoms with E-state index in [1.165, 1.54) is 71.2 Å². The molecule has 2 saturated heterocycles. The Morgan fingerprint density at radius 1 is 0.944 bits per heavy atom. The number of nitrogens with zero attached hydrogens (tertiary/aromatic N) is 2. The highest BCUT2D eigenvalue weighted by Gasteiger charge is 2.45. The van der Waals surface area contributed by atoms with E-state index in [9.17, 15) is 0 Å². The second-order valence-electron chi connectivity index (χ2n) is 7.48. The molecule has 18 heavy (non-hydrogen) atoms. The van der Waals surface area contributed by atoms with E-state index >= 15 is 0 Å². The van der Waals surface area contributed by atoms with Crippen molar-refractivity contribution in [2.75, 3.05) is 39.8 Å². The minimum Gasteiger partial charge on any atom is -0.306 e. The molecule has 2 nitrogen and oxygen atoms in total. The van der Waals surface area contributed by atoms with Crippen molar-refractivity contribution in [2.24, 2.45) is 17.3 Å². The summed E-state index contributed by atoms with van der Waals surface area (Å²) in [5, 5.41) is 0. The zero-order valence-corrected chi connectivity index (χ0v) is 12.3. The summed E-state index contributed by atoms with van der Waals surface area (Å²) in [4.78, 5) is 5.24. The summed E-state index contributed by atoms with van der Waals surface area (Å²) in [6, 6.07) is 0. The molecule has 0 radical (unpaired) electrons. The fraction of sp³-hybridized carbons (Fsp3) is 1.00. The van der Waals surface area contributed by atoms with Crippen LogP contribution in [0.3, 0.4) is 0 Å². The smallest absolute Gasteiger partial charge is 0.00106 e. The van der Waals surface area contributed by atoms with E-state index in [2.05, 4.69) is 23.8 Å². The molecule has 2 aliphatic heterocycles. The van der Waals surface area contributed by atoms with Gasteiger partial charge in [-0.05, 0) is 89.0 Å². The van der Waals surface area contributed by atoms with Crippen LogP contribution in [0.2, 0.25) is 0 Å². The molecule has 104 valence electrons. The maximum Gasteiger partial charge on any atom is 0.00106 e. The molecular formula is C16H30N2. The Hall–Kier alpha value is -0.0800. The van der Waals surface area contributed by atoms with Crippen molar-refractivity contribution in [3.05, 3.63) is 0 Å². The van der Waals surface area contributed by atoms with Crippen LogP contribution < -0.4 is 0 Å². The van der Waals surface area contributed by atoms with E-state index in [0.717, 1.165) is 17.3 Å². The van der Waals surface area contributed by atoms with E-state index < -0.39 is 0 Å². The molecule has 1 saturated carbocycles. The van der Waals surface area contributed by atoms with Crippen molar-refractivity contribution >= 4 is 0 Å². The van der Waals surface area contributed by atoms with Crippen LogP contribution in [0.4, 0.5) is 0 Å². The van der Waals surface area contributed by atoms with Crippen molar-refractivity contribution < 1.29 is 0 Å². The molecular weight excluding hydrogens is 220 g/mol. The van der Waals surface area contributed by atoms with Gasteiger partial charge < -0.3 is 9.80 Å². The van der Waals surface area contributed by atoms with Gasteiger partial charge in [0.15, 0.2) is 0 Å². The Kier molecular flexibility index (Phi) is 3.68. The minimum atomic E-state index is 0.764. The third-order valence-electron chi connectivity index (χ3n) is 5.97. The molecule has 3 fully saturated rings. The van der Waals surface area contributed by atoms with Gasteiger partial charge >= 0.3 is 0 Å². The molecule has 0 aromatic heterocycles. The van der Waals surface area contributed by atoms with Crippen LogP contribution in [0.15, 0.2) is 0 Å². The van der Waals surface area contributed by atoms with Gasteiger partial charge in [-0.25, -0.2) is 0 Å². The molecule has 3 aliphatic rings. The van der Waals surface area contributed by atoms with Gasteiger partial charge in [0, 0.05) is 6.54 Å². The van der Waals surface area contributed by atoms with Crippen LogP contribution in [0, 0.1) is 17.3 Å². The normalized spacial score (nSPS) is 31.7. The highest BCUT2D eigenvalue weighted by Crippen LogP contribution is 2.54. The number of likely N-dealkylation sites (tertiary alicyclic amines) is 2. The topological polar surface area (TPSA) is 6.48 Å². The zero-order chi connectivity index (χ0) is 12.6. The maximum absolute atomic E-state index is 2.76. The Bertz CT molecular complexity index is 269. The number of rotatable bonds is 3. The zero-order valence-electron chi connectivity index (χ0n) is 12.3. The molecule has 0 N–H and O–H groups in total. The summed E-state index contributed by atoms with van der Waals surface area (Å²) >= 11 is 0. The lowest BCUT2D eigenvalue weighted by Crippen LogP contribution is -2.41. The van der Waals surface area contributed by atoms with Gasteiger partial charge in [0.2, 0.25) is 0 Å². The molecule has 1 aliphatic carbocycles. The third-order valence-corrected chi connectivity index (χ3v) is 5.97. The Morgan fingerprint density at radius 2 is 1.56 bits per heavy atom. The summed E-state index contributed by atoms with van der Waals surface area (Å²) in [6.07, 6.45) is 8.81. The lowest BCUT2D eigenvalue weighted by Gasteiger charge is -2.38. The summed E-state index contributed by atoms with van der Waals surface area (Å²) in [7, 11) is 2.26. The van der Waals surface area contributed by atoms with Gasteiger partial charge in [-0.3, -0.25) is 0 Å². The monoisotopic (exact) mass is 250 g/mol. The molecule has 0 amide bonds. The molecule has 2 heterocycles. The van der Waals surface area contributed by atoms with Crippen LogP contribution in [0.25, 0.3) is 0 Å². The van der Waals surface area contributed by atoms with Crippen LogP contribution in [0.5, 0.6) is 0 Å². The standard InChI is InChI=1S/C16H30N2/c1-16(7-8-16)15-5-11-18(12-6-15)13-14-3-9-17(2)10-4-14/h14-15H,3-13H2,1-2H3. The van der Waals surface area contributed by atoms with E-state index in [1.807, 2.05) is 0 Å². The fourth-order valence-electron chi connectivity index (χ4n) is 4.03. The van der Waals surface area contributed by atoms with Gasteiger partial charge in [-0.1, -0.05) is 6.92 Å². The van der Waals surface area contributed by atoms with Crippen molar-refractivity contribution in [1.29, 1.82) is 0 Å². The van der Waals surface area contributed by atoms with Crippen LogP contribution >= 0.6 is 0 Å². The van der Waals surface area contributed by atoms with Crippen molar-refractivity contribution in [1.82, 2.24) is 9.80 Å². The first-order chi connectivity index (χ1) is 8.66. The molecule has 0 spiro atoms. The van der Waals surface area contributed by atoms with Gasteiger partial charge in [0.1, 0.15) is 0 Å². The Labute approximate surface area is 113 Å². The first-order valence-electron chi connectivity index (χ1n) is 8.07. The lowest BCUT2D eigenvalue weighted by molar-refractivity contribution is 0.107. The van der Waals surface area contributed by atoms with E-state index in [-0.39, 0.29) is 0 Å². The van der Waals surface area contributed by atoms with E-state index in [4.69, 9.17) is 0 Å². The van der Waals surface area contributed by atoms with E-state index in [1.54, 1.807) is 0 Å². The van der Waals surface area contributed by atoms with Crippen molar-refractivity contribution in [3.8, 4) is 0 Å². The molecule has 2 heteroatoms. The van der Waals surface area contributed by atoms with Gasteiger partial charge in [-0.15, -0.1) is 0 Å². The fourth-order valence-corrected chi connectivity index (χ4v) is 4.03. The molecule has 0 aromatic rings. The lowest BCUT2D eigenvalue weighted by atomic mass is 9.82. The first kappa shape index (κ1) is 12.9. The second kappa shape index (κ2) is 5.13. The van der Waals surface area contributed by atoms with Crippen molar-refractivity contribution in [2.45, 2.75) is 45.4 Å². The minimum absolute atomic E-state index is 0.764. The average Bonchev–Trinajstić information content (AvgIpc) is 3.12. The largest absolute Gasteiger partial charge is 0.306 e. The predicted molar refractivity (Wildman–Crippen MR) is 76.7 cm³/mol. The summed E-state index contributed by atoms with van der Waals surface area (Å²) in [5.41, 5.74) is 0.764. The molecule has 0 unspecified atom stereocenters. The van der Waals surface area contributed by atoms with Crippen LogP contribution in [-0.2, 0) is 0 Å². The Balaban J connectivity index is 1.40. The highest BCUT2D eigenvalue weighted by atomic mass is 15.1. The number of piperidine rings is 2. The molecule has 0 bridgehead atoms. The number of hydrogen-bond acceptors (Lipinski definition) is 2. The second-order valence-corrected chi connectivity index (χ2v) is 7.48. The molecule has 0 aromatic carbocycles. The van der Waals surface area contributed by atoms with Gasteiger partial charge in [0.25, 0.3) is 0 Å². The first-order valence-corrected chi connectivity index (χ1v) is 8.07. The molecule has 0 atom stereocenters. The van der Waals surface area contributed by atoms with Crippen molar-refractivity contribution in [3.63, 3.8) is 0 Å². The molecule has 3 rings (SSSR count). The Morgan fingerprint density at radius 3 is 2.11 bits per heavy atom. The van der Waals surface area contributed by atoms with Crippen LogP contribution in [0.1, 0.15) is 45.4 Å². The summed E-state index contributed by atoms with van der Waals surface area (Å²) in [5.74, 6) is 2.03. The highest BCUT2D eigenvalue weighted by molar-refractivity contribution is 4.96. The van der Waals surface area contributed by atoms with E-state index in [0.29, 0.717) is 0 Å².